The predicted octanol–water partition coefficient (Wildman–Crippen LogP) is 7.97. The molecule has 3 aliphatic rings. The Morgan fingerprint density at radius 3 is 2.36 bits per heavy atom. The summed E-state index contributed by atoms with van der Waals surface area (Å²) in [6.07, 6.45) is 5.66. The van der Waals surface area contributed by atoms with Crippen LogP contribution < -0.4 is 0 Å². The number of aliphatic imine (C=N–C) groups is 1. The molecule has 33 heavy (non-hydrogen) atoms. The fraction of sp³-hybridized carbons (Fsp3) is 0.167. The van der Waals surface area contributed by atoms with E-state index in [9.17, 15) is 0 Å². The molecular formula is C30H26N2S. The third-order valence-corrected chi connectivity index (χ3v) is 7.48. The highest BCUT2D eigenvalue weighted by molar-refractivity contribution is 8.16. The van der Waals surface area contributed by atoms with Gasteiger partial charge in [0.05, 0.1) is 17.4 Å². The van der Waals surface area contributed by atoms with E-state index in [1.807, 2.05) is 0 Å². The van der Waals surface area contributed by atoms with Crippen LogP contribution in [0.3, 0.4) is 0 Å². The van der Waals surface area contributed by atoms with E-state index >= 15 is 0 Å². The Hall–Kier alpha value is -3.30. The molecule has 1 unspecified atom stereocenters. The number of hydrogen-bond donors (Lipinski definition) is 0. The van der Waals surface area contributed by atoms with Crippen molar-refractivity contribution in [2.24, 2.45) is 4.99 Å². The van der Waals surface area contributed by atoms with Gasteiger partial charge in [-0.1, -0.05) is 102 Å². The Morgan fingerprint density at radius 2 is 1.61 bits per heavy atom. The highest BCUT2D eigenvalue weighted by Gasteiger charge is 2.40. The zero-order chi connectivity index (χ0) is 22.2. The first-order valence-corrected chi connectivity index (χ1v) is 12.5. The number of nitrogens with zero attached hydrogens (tertiary/aromatic N) is 2. The third kappa shape index (κ3) is 3.77. The van der Waals surface area contributed by atoms with Gasteiger partial charge in [-0.25, -0.2) is 4.99 Å². The lowest BCUT2D eigenvalue weighted by molar-refractivity contribution is 0.458. The van der Waals surface area contributed by atoms with Gasteiger partial charge in [-0.15, -0.1) is 0 Å². The number of fused-ring (bicyclic) bond motifs is 1. The number of rotatable bonds is 3. The van der Waals surface area contributed by atoms with E-state index in [4.69, 9.17) is 4.99 Å². The van der Waals surface area contributed by atoms with Crippen LogP contribution in [-0.2, 0) is 0 Å². The molecule has 3 heteroatoms. The van der Waals surface area contributed by atoms with Crippen LogP contribution in [0.2, 0.25) is 0 Å². The molecule has 2 nitrogen and oxygen atoms in total. The molecule has 1 aliphatic carbocycles. The molecule has 3 aromatic rings. The topological polar surface area (TPSA) is 15.6 Å². The number of thioether (sulfide) groups is 1. The molecule has 0 amide bonds. The normalized spacial score (nSPS) is 20.9. The van der Waals surface area contributed by atoms with E-state index in [0.717, 1.165) is 24.4 Å². The fourth-order valence-corrected chi connectivity index (χ4v) is 5.96. The third-order valence-electron chi connectivity index (χ3n) is 6.64. The van der Waals surface area contributed by atoms with Crippen molar-refractivity contribution in [1.29, 1.82) is 0 Å². The van der Waals surface area contributed by atoms with Gasteiger partial charge in [0.1, 0.15) is 0 Å². The summed E-state index contributed by atoms with van der Waals surface area (Å²) < 4.78 is 0. The van der Waals surface area contributed by atoms with Gasteiger partial charge in [-0.3, -0.25) is 0 Å². The van der Waals surface area contributed by atoms with Crippen molar-refractivity contribution in [2.75, 3.05) is 0 Å². The van der Waals surface area contributed by atoms with E-state index < -0.39 is 0 Å². The van der Waals surface area contributed by atoms with Crippen molar-refractivity contribution in [3.63, 3.8) is 0 Å². The van der Waals surface area contributed by atoms with Gasteiger partial charge in [-0.2, -0.15) is 0 Å². The number of allylic oxidation sites excluding steroid dienone is 1. The maximum Gasteiger partial charge on any atom is 0.174 e. The molecule has 0 saturated carbocycles. The molecular weight excluding hydrogens is 420 g/mol. The van der Waals surface area contributed by atoms with Crippen molar-refractivity contribution in [3.05, 3.63) is 129 Å². The number of benzene rings is 3. The Bertz CT molecular complexity index is 1300. The molecule has 0 spiro atoms. The first kappa shape index (κ1) is 20.3. The van der Waals surface area contributed by atoms with Crippen molar-refractivity contribution < 1.29 is 0 Å². The highest BCUT2D eigenvalue weighted by Crippen LogP contribution is 2.51. The van der Waals surface area contributed by atoms with Crippen molar-refractivity contribution in [2.45, 2.75) is 32.2 Å². The van der Waals surface area contributed by atoms with Gasteiger partial charge < -0.3 is 4.90 Å². The SMILES string of the molecule is Cc1ccc(C2=CSC3=NC4=C(CCCC4=Cc4ccccc4)C(c4ccccc4)N23)cc1. The summed E-state index contributed by atoms with van der Waals surface area (Å²) in [4.78, 5) is 7.74. The minimum atomic E-state index is 0.177. The van der Waals surface area contributed by atoms with Crippen LogP contribution in [0.25, 0.3) is 11.8 Å². The van der Waals surface area contributed by atoms with Crippen LogP contribution in [0, 0.1) is 6.92 Å². The molecule has 2 heterocycles. The quantitative estimate of drug-likeness (QED) is 0.405. The molecule has 3 aromatic carbocycles. The van der Waals surface area contributed by atoms with E-state index in [1.165, 1.54) is 44.8 Å². The van der Waals surface area contributed by atoms with E-state index in [-0.39, 0.29) is 6.04 Å². The highest BCUT2D eigenvalue weighted by atomic mass is 32.2. The molecule has 0 saturated heterocycles. The van der Waals surface area contributed by atoms with Gasteiger partial charge in [0.2, 0.25) is 0 Å². The van der Waals surface area contributed by atoms with E-state index in [2.05, 4.69) is 108 Å². The monoisotopic (exact) mass is 446 g/mol. The van der Waals surface area contributed by atoms with Crippen LogP contribution >= 0.6 is 11.8 Å². The van der Waals surface area contributed by atoms with Gasteiger partial charge in [0, 0.05) is 5.41 Å². The summed E-state index contributed by atoms with van der Waals surface area (Å²) in [7, 11) is 0. The second-order valence-corrected chi connectivity index (χ2v) is 9.71. The maximum atomic E-state index is 5.28. The molecule has 0 radical (unpaired) electrons. The minimum Gasteiger partial charge on any atom is -0.308 e. The summed E-state index contributed by atoms with van der Waals surface area (Å²) >= 11 is 1.75. The molecule has 2 aliphatic heterocycles. The Kier molecular flexibility index (Phi) is 5.27. The van der Waals surface area contributed by atoms with Crippen molar-refractivity contribution in [3.8, 4) is 0 Å². The Morgan fingerprint density at radius 1 is 0.879 bits per heavy atom. The number of amidine groups is 1. The summed E-state index contributed by atoms with van der Waals surface area (Å²) in [5, 5.41) is 3.36. The van der Waals surface area contributed by atoms with Crippen LogP contribution in [0.1, 0.15) is 47.6 Å². The van der Waals surface area contributed by atoms with Crippen LogP contribution in [0.5, 0.6) is 0 Å². The molecule has 0 aromatic heterocycles. The number of hydrogen-bond acceptors (Lipinski definition) is 3. The zero-order valence-corrected chi connectivity index (χ0v) is 19.6. The van der Waals surface area contributed by atoms with Crippen molar-refractivity contribution in [1.82, 2.24) is 4.90 Å². The summed E-state index contributed by atoms with van der Waals surface area (Å²) in [5.41, 5.74) is 10.4. The zero-order valence-electron chi connectivity index (χ0n) is 18.7. The molecule has 6 rings (SSSR count). The first-order valence-electron chi connectivity index (χ1n) is 11.6. The number of aryl methyl sites for hydroxylation is 1. The summed E-state index contributed by atoms with van der Waals surface area (Å²) in [6.45, 7) is 2.14. The van der Waals surface area contributed by atoms with Gasteiger partial charge in [0.25, 0.3) is 0 Å². The minimum absolute atomic E-state index is 0.177. The van der Waals surface area contributed by atoms with E-state index in [0.29, 0.717) is 0 Å². The molecule has 0 bridgehead atoms. The smallest absolute Gasteiger partial charge is 0.174 e. The van der Waals surface area contributed by atoms with Crippen molar-refractivity contribution >= 4 is 28.7 Å². The first-order chi connectivity index (χ1) is 16.3. The van der Waals surface area contributed by atoms with Gasteiger partial charge in [-0.05, 0) is 60.1 Å². The second kappa shape index (κ2) is 8.57. The molecule has 0 N–H and O–H groups in total. The molecule has 1 atom stereocenters. The molecule has 162 valence electrons. The second-order valence-electron chi connectivity index (χ2n) is 8.87. The van der Waals surface area contributed by atoms with Crippen LogP contribution in [0.15, 0.2) is 112 Å². The lowest BCUT2D eigenvalue weighted by atomic mass is 9.83. The van der Waals surface area contributed by atoms with Crippen LogP contribution in [0.4, 0.5) is 0 Å². The van der Waals surface area contributed by atoms with Crippen LogP contribution in [-0.4, -0.2) is 10.1 Å². The Balaban J connectivity index is 1.49. The summed E-state index contributed by atoms with van der Waals surface area (Å²) in [5.74, 6) is 0. The van der Waals surface area contributed by atoms with E-state index in [1.54, 1.807) is 11.8 Å². The lowest BCUT2D eigenvalue weighted by Crippen LogP contribution is -2.34. The largest absolute Gasteiger partial charge is 0.308 e. The van der Waals surface area contributed by atoms with Gasteiger partial charge >= 0.3 is 0 Å². The average molecular weight is 447 g/mol. The lowest BCUT2D eigenvalue weighted by Gasteiger charge is -2.40. The molecule has 0 fully saturated rings. The fourth-order valence-electron chi connectivity index (χ4n) is 5.04. The van der Waals surface area contributed by atoms with Gasteiger partial charge in [0.15, 0.2) is 5.17 Å². The predicted molar refractivity (Wildman–Crippen MR) is 140 cm³/mol. The Labute approximate surface area is 200 Å². The maximum absolute atomic E-state index is 5.28. The standard InChI is InChI=1S/C30H26N2S/c1-21-15-17-23(18-16-21)27-20-33-30-31-28-25(19-22-9-4-2-5-10-22)13-8-14-26(28)29(32(27)30)24-11-6-3-7-12-24/h2-7,9-12,15-20,29H,8,13-14H2,1H3. The summed E-state index contributed by atoms with van der Waals surface area (Å²) in [6, 6.07) is 30.6. The average Bonchev–Trinajstić information content (AvgIpc) is 3.28.